The largest absolute Gasteiger partial charge is 0.375 e. The van der Waals surface area contributed by atoms with Crippen LogP contribution in [0.25, 0.3) is 0 Å². The maximum Gasteiger partial charge on any atom is 0.287 e. The lowest BCUT2D eigenvalue weighted by molar-refractivity contribution is 0.277. The van der Waals surface area contributed by atoms with Gasteiger partial charge in [-0.25, -0.2) is 4.68 Å². The Labute approximate surface area is 139 Å². The zero-order valence-corrected chi connectivity index (χ0v) is 13.7. The van der Waals surface area contributed by atoms with E-state index in [0.29, 0.717) is 16.6 Å². The van der Waals surface area contributed by atoms with E-state index in [2.05, 4.69) is 10.4 Å². The highest BCUT2D eigenvalue weighted by atomic mass is 35.5. The van der Waals surface area contributed by atoms with Gasteiger partial charge in [-0.1, -0.05) is 41.8 Å². The van der Waals surface area contributed by atoms with E-state index >= 15 is 0 Å². The van der Waals surface area contributed by atoms with Gasteiger partial charge in [-0.2, -0.15) is 5.10 Å². The van der Waals surface area contributed by atoms with Gasteiger partial charge in [0, 0.05) is 12.1 Å². The van der Waals surface area contributed by atoms with Gasteiger partial charge in [-0.15, -0.1) is 0 Å². The summed E-state index contributed by atoms with van der Waals surface area (Å²) in [5.74, 6) is 0.529. The average molecular weight is 338 g/mol. The number of halogens is 2. The molecule has 0 aliphatic heterocycles. The molecule has 0 saturated heterocycles. The van der Waals surface area contributed by atoms with E-state index in [1.807, 2.05) is 24.3 Å². The molecule has 1 atom stereocenters. The number of benzene rings is 1. The molecule has 2 aromatic rings. The molecule has 0 spiro atoms. The Morgan fingerprint density at radius 3 is 2.55 bits per heavy atom. The van der Waals surface area contributed by atoms with E-state index in [0.717, 1.165) is 18.4 Å². The Morgan fingerprint density at radius 1 is 1.27 bits per heavy atom. The SMILES string of the molecule is Cn1ncc(NC(c2ccc(Cl)cc2)C2CCC2)c(Cl)c1=O. The third-order valence-corrected chi connectivity index (χ3v) is 4.86. The van der Waals surface area contributed by atoms with E-state index in [4.69, 9.17) is 23.2 Å². The third kappa shape index (κ3) is 2.99. The van der Waals surface area contributed by atoms with Crippen molar-refractivity contribution in [2.75, 3.05) is 5.32 Å². The van der Waals surface area contributed by atoms with Crippen LogP contribution in [0, 0.1) is 5.92 Å². The molecule has 4 nitrogen and oxygen atoms in total. The van der Waals surface area contributed by atoms with Crippen LogP contribution in [0.4, 0.5) is 5.69 Å². The molecule has 1 aromatic heterocycles. The summed E-state index contributed by atoms with van der Waals surface area (Å²) in [5.41, 5.74) is 1.43. The number of nitrogens with one attached hydrogen (secondary N) is 1. The van der Waals surface area contributed by atoms with Crippen LogP contribution in [0.5, 0.6) is 0 Å². The fourth-order valence-electron chi connectivity index (χ4n) is 2.70. The highest BCUT2D eigenvalue weighted by molar-refractivity contribution is 6.33. The number of hydrogen-bond acceptors (Lipinski definition) is 3. The Kier molecular flexibility index (Phi) is 4.41. The minimum atomic E-state index is -0.296. The zero-order chi connectivity index (χ0) is 15.7. The Morgan fingerprint density at radius 2 is 1.95 bits per heavy atom. The quantitative estimate of drug-likeness (QED) is 0.915. The first-order valence-electron chi connectivity index (χ1n) is 7.30. The molecule has 1 aromatic carbocycles. The number of aryl methyl sites for hydroxylation is 1. The second-order valence-electron chi connectivity index (χ2n) is 5.67. The molecular formula is C16H17Cl2N3O. The molecule has 6 heteroatoms. The Bertz CT molecular complexity index is 723. The smallest absolute Gasteiger partial charge is 0.287 e. The normalized spacial score (nSPS) is 16.1. The summed E-state index contributed by atoms with van der Waals surface area (Å²) in [6, 6.07) is 7.90. The van der Waals surface area contributed by atoms with Gasteiger partial charge in [0.15, 0.2) is 0 Å². The molecule has 116 valence electrons. The van der Waals surface area contributed by atoms with Gasteiger partial charge < -0.3 is 5.32 Å². The van der Waals surface area contributed by atoms with Gasteiger partial charge in [0.1, 0.15) is 5.02 Å². The molecule has 1 aliphatic carbocycles. The van der Waals surface area contributed by atoms with Crippen LogP contribution >= 0.6 is 23.2 Å². The summed E-state index contributed by atoms with van der Waals surface area (Å²) >= 11 is 12.1. The van der Waals surface area contributed by atoms with Crippen molar-refractivity contribution in [3.8, 4) is 0 Å². The van der Waals surface area contributed by atoms with Gasteiger partial charge in [0.2, 0.25) is 0 Å². The van der Waals surface area contributed by atoms with Crippen molar-refractivity contribution in [2.45, 2.75) is 25.3 Å². The molecule has 1 fully saturated rings. The summed E-state index contributed by atoms with van der Waals surface area (Å²) in [6.45, 7) is 0. The van der Waals surface area contributed by atoms with E-state index in [1.165, 1.54) is 11.1 Å². The zero-order valence-electron chi connectivity index (χ0n) is 12.2. The first-order valence-corrected chi connectivity index (χ1v) is 8.05. The maximum absolute atomic E-state index is 11.9. The van der Waals surface area contributed by atoms with Gasteiger partial charge >= 0.3 is 0 Å². The first-order chi connectivity index (χ1) is 10.6. The molecule has 3 rings (SSSR count). The summed E-state index contributed by atoms with van der Waals surface area (Å²) in [7, 11) is 1.58. The van der Waals surface area contributed by atoms with Gasteiger partial charge in [0.05, 0.1) is 17.9 Å². The molecule has 1 heterocycles. The van der Waals surface area contributed by atoms with E-state index < -0.39 is 0 Å². The molecule has 0 amide bonds. The predicted octanol–water partition coefficient (Wildman–Crippen LogP) is 4.04. The highest BCUT2D eigenvalue weighted by Gasteiger charge is 2.29. The maximum atomic E-state index is 11.9. The van der Waals surface area contributed by atoms with Crippen LogP contribution in [-0.2, 0) is 7.05 Å². The second-order valence-corrected chi connectivity index (χ2v) is 6.48. The summed E-state index contributed by atoms with van der Waals surface area (Å²) in [6.07, 6.45) is 5.16. The molecule has 22 heavy (non-hydrogen) atoms. The summed E-state index contributed by atoms with van der Waals surface area (Å²) in [5, 5.41) is 8.33. The van der Waals surface area contributed by atoms with E-state index in [9.17, 15) is 4.79 Å². The number of aromatic nitrogens is 2. The molecule has 1 N–H and O–H groups in total. The van der Waals surface area contributed by atoms with Gasteiger partial charge in [-0.05, 0) is 36.5 Å². The van der Waals surface area contributed by atoms with Crippen molar-refractivity contribution in [3.63, 3.8) is 0 Å². The molecule has 1 aliphatic rings. The standard InChI is InChI=1S/C16H17Cl2N3O/c1-21-16(22)14(18)13(9-19-21)20-15(10-3-2-4-10)11-5-7-12(17)8-6-11/h5-10,15,20H,2-4H2,1H3. The minimum absolute atomic E-state index is 0.109. The Hall–Kier alpha value is -1.52. The predicted molar refractivity (Wildman–Crippen MR) is 89.6 cm³/mol. The van der Waals surface area contributed by atoms with Crippen molar-refractivity contribution >= 4 is 28.9 Å². The van der Waals surface area contributed by atoms with Crippen molar-refractivity contribution < 1.29 is 0 Å². The lowest BCUT2D eigenvalue weighted by atomic mass is 9.77. The van der Waals surface area contributed by atoms with Crippen molar-refractivity contribution in [2.24, 2.45) is 13.0 Å². The monoisotopic (exact) mass is 337 g/mol. The second kappa shape index (κ2) is 6.31. The molecular weight excluding hydrogens is 321 g/mol. The average Bonchev–Trinajstić information content (AvgIpc) is 2.46. The van der Waals surface area contributed by atoms with Crippen molar-refractivity contribution in [3.05, 3.63) is 56.4 Å². The molecule has 1 saturated carbocycles. The fraction of sp³-hybridized carbons (Fsp3) is 0.375. The van der Waals surface area contributed by atoms with Crippen LogP contribution in [0.15, 0.2) is 35.3 Å². The number of nitrogens with zero attached hydrogens (tertiary/aromatic N) is 2. The van der Waals surface area contributed by atoms with Crippen LogP contribution < -0.4 is 10.9 Å². The Balaban J connectivity index is 1.92. The third-order valence-electron chi connectivity index (χ3n) is 4.24. The lowest BCUT2D eigenvalue weighted by Crippen LogP contribution is -2.28. The van der Waals surface area contributed by atoms with Gasteiger partial charge in [-0.3, -0.25) is 4.79 Å². The number of anilines is 1. The van der Waals surface area contributed by atoms with Crippen molar-refractivity contribution in [1.82, 2.24) is 9.78 Å². The summed E-state index contributed by atoms with van der Waals surface area (Å²) in [4.78, 5) is 11.9. The van der Waals surface area contributed by atoms with Crippen LogP contribution in [0.1, 0.15) is 30.9 Å². The molecule has 1 unspecified atom stereocenters. The summed E-state index contributed by atoms with van der Waals surface area (Å²) < 4.78 is 1.23. The highest BCUT2D eigenvalue weighted by Crippen LogP contribution is 2.40. The van der Waals surface area contributed by atoms with Gasteiger partial charge in [0.25, 0.3) is 5.56 Å². The topological polar surface area (TPSA) is 46.9 Å². The van der Waals surface area contributed by atoms with Crippen LogP contribution in [-0.4, -0.2) is 9.78 Å². The van der Waals surface area contributed by atoms with Crippen LogP contribution in [0.2, 0.25) is 10.0 Å². The molecule has 0 bridgehead atoms. The fourth-order valence-corrected chi connectivity index (χ4v) is 3.05. The number of rotatable bonds is 4. The van der Waals surface area contributed by atoms with E-state index in [1.54, 1.807) is 13.2 Å². The first kappa shape index (κ1) is 15.4. The minimum Gasteiger partial charge on any atom is -0.375 e. The molecule has 0 radical (unpaired) electrons. The number of hydrogen-bond donors (Lipinski definition) is 1. The van der Waals surface area contributed by atoms with E-state index in [-0.39, 0.29) is 16.6 Å². The lowest BCUT2D eigenvalue weighted by Gasteiger charge is -2.35. The van der Waals surface area contributed by atoms with Crippen LogP contribution in [0.3, 0.4) is 0 Å². The van der Waals surface area contributed by atoms with Crippen molar-refractivity contribution in [1.29, 1.82) is 0 Å².